The Morgan fingerprint density at radius 2 is 1.70 bits per heavy atom. The van der Waals surface area contributed by atoms with E-state index in [1.165, 1.54) is 25.6 Å². The molecular weight excluding hydrogens is 585 g/mol. The van der Waals surface area contributed by atoms with Crippen molar-refractivity contribution in [1.82, 2.24) is 15.3 Å². The van der Waals surface area contributed by atoms with Gasteiger partial charge >= 0.3 is 0 Å². The highest BCUT2D eigenvalue weighted by atomic mass is 35.5. The molecule has 0 saturated heterocycles. The third-order valence-electron chi connectivity index (χ3n) is 6.59. The van der Waals surface area contributed by atoms with Crippen molar-refractivity contribution in [2.45, 2.75) is 19.1 Å². The summed E-state index contributed by atoms with van der Waals surface area (Å²) in [6.45, 7) is 0.00259. The fourth-order valence-electron chi connectivity index (χ4n) is 4.51. The van der Waals surface area contributed by atoms with Gasteiger partial charge in [0.15, 0.2) is 0 Å². The van der Waals surface area contributed by atoms with Crippen molar-refractivity contribution in [2.24, 2.45) is 0 Å². The summed E-state index contributed by atoms with van der Waals surface area (Å²) in [6.07, 6.45) is 1.73. The maximum absolute atomic E-state index is 13.5. The minimum Gasteiger partial charge on any atom is -0.487 e. The van der Waals surface area contributed by atoms with Gasteiger partial charge in [0.25, 0.3) is 0 Å². The molecule has 44 heavy (non-hydrogen) atoms. The fraction of sp³-hybridized carbons (Fsp3) is 0.152. The van der Waals surface area contributed by atoms with E-state index in [0.717, 1.165) is 5.56 Å². The number of ether oxygens (including phenoxy) is 2. The van der Waals surface area contributed by atoms with Gasteiger partial charge in [-0.15, -0.1) is 0 Å². The molecule has 0 spiro atoms. The molecule has 0 bridgehead atoms. The Morgan fingerprint density at radius 1 is 0.909 bits per heavy atom. The summed E-state index contributed by atoms with van der Waals surface area (Å²) in [5, 5.41) is 9.90. The van der Waals surface area contributed by atoms with E-state index in [1.54, 1.807) is 48.5 Å². The van der Waals surface area contributed by atoms with Gasteiger partial charge in [0.05, 0.1) is 10.5 Å². The van der Waals surface area contributed by atoms with Crippen LogP contribution >= 0.6 is 11.6 Å². The third-order valence-corrected chi connectivity index (χ3v) is 6.89. The normalized spacial score (nSPS) is 11.5. The number of hydrogen-bond donors (Lipinski definition) is 3. The highest BCUT2D eigenvalue weighted by Gasteiger charge is 2.22. The molecule has 0 fully saturated rings. The van der Waals surface area contributed by atoms with E-state index in [1.807, 2.05) is 30.3 Å². The van der Waals surface area contributed by atoms with E-state index < -0.39 is 11.9 Å². The zero-order chi connectivity index (χ0) is 30.9. The summed E-state index contributed by atoms with van der Waals surface area (Å²) in [7, 11) is 1.42. The van der Waals surface area contributed by atoms with Crippen molar-refractivity contribution in [3.05, 3.63) is 119 Å². The summed E-state index contributed by atoms with van der Waals surface area (Å²) in [6, 6.07) is 25.2. The molecule has 1 aromatic heterocycles. The summed E-state index contributed by atoms with van der Waals surface area (Å²) in [5.74, 6) is -0.181. The summed E-state index contributed by atoms with van der Waals surface area (Å²) < 4.78 is 24.2. The number of halogens is 2. The van der Waals surface area contributed by atoms with Crippen LogP contribution in [-0.4, -0.2) is 41.5 Å². The van der Waals surface area contributed by atoms with Gasteiger partial charge in [0.2, 0.25) is 11.8 Å². The monoisotopic (exact) mass is 613 g/mol. The Balaban J connectivity index is 1.31. The molecule has 5 aromatic rings. The molecule has 0 saturated carbocycles. The average molecular weight is 614 g/mol. The third kappa shape index (κ3) is 8.06. The lowest BCUT2D eigenvalue weighted by molar-refractivity contribution is -0.129. The quantitative estimate of drug-likeness (QED) is 0.157. The first-order valence-electron chi connectivity index (χ1n) is 13.7. The van der Waals surface area contributed by atoms with Crippen molar-refractivity contribution >= 4 is 51.5 Å². The van der Waals surface area contributed by atoms with Crippen LogP contribution in [0.2, 0.25) is 5.02 Å². The minimum absolute atomic E-state index is 0.162. The van der Waals surface area contributed by atoms with E-state index in [2.05, 4.69) is 25.9 Å². The molecule has 224 valence electrons. The lowest BCUT2D eigenvalue weighted by atomic mass is 10.0. The van der Waals surface area contributed by atoms with E-state index in [9.17, 15) is 14.0 Å². The first kappa shape index (κ1) is 30.4. The fourth-order valence-corrected chi connectivity index (χ4v) is 4.74. The molecule has 3 N–H and O–H groups in total. The molecule has 1 atom stereocenters. The van der Waals surface area contributed by atoms with Crippen LogP contribution in [0.4, 0.5) is 21.6 Å². The first-order chi connectivity index (χ1) is 21.4. The van der Waals surface area contributed by atoms with Gasteiger partial charge in [0, 0.05) is 30.3 Å². The number of hydrogen-bond acceptors (Lipinski definition) is 7. The molecule has 2 amide bonds. The topological polar surface area (TPSA) is 114 Å². The number of aromatic nitrogens is 2. The van der Waals surface area contributed by atoms with Gasteiger partial charge in [-0.05, 0) is 59.7 Å². The SMILES string of the molecule is COCC(=O)NC(Cc1ccccc1)C(=O)Nc1ccc2ncnc(Nc3ccc(OCc4cccc(F)c4)c(Cl)c3)c2c1. The standard InChI is InChI=1S/C33H29ClFN5O4/c1-43-19-31(41)40-29(15-21-6-3-2-4-7-21)33(42)39-24-10-12-28-26(16-24)32(37-20-36-28)38-25-11-13-30(27(34)17-25)44-18-22-8-5-9-23(35)14-22/h2-14,16-17,20,29H,15,18-19H2,1H3,(H,39,42)(H,40,41)(H,36,37,38). The van der Waals surface area contributed by atoms with E-state index in [0.29, 0.717) is 50.9 Å². The molecular formula is C33H29ClFN5O4. The number of amides is 2. The summed E-state index contributed by atoms with van der Waals surface area (Å²) in [4.78, 5) is 34.4. The van der Waals surface area contributed by atoms with Crippen molar-refractivity contribution in [1.29, 1.82) is 0 Å². The van der Waals surface area contributed by atoms with Crippen LogP contribution in [0.3, 0.4) is 0 Å². The van der Waals surface area contributed by atoms with E-state index in [4.69, 9.17) is 21.1 Å². The van der Waals surface area contributed by atoms with E-state index in [-0.39, 0.29) is 24.9 Å². The van der Waals surface area contributed by atoms with Crippen molar-refractivity contribution in [3.8, 4) is 5.75 Å². The molecule has 1 heterocycles. The van der Waals surface area contributed by atoms with Crippen molar-refractivity contribution < 1.29 is 23.5 Å². The van der Waals surface area contributed by atoms with E-state index >= 15 is 0 Å². The van der Waals surface area contributed by atoms with Gasteiger partial charge in [-0.1, -0.05) is 54.1 Å². The highest BCUT2D eigenvalue weighted by Crippen LogP contribution is 2.31. The Labute approximate surface area is 258 Å². The molecule has 0 aliphatic rings. The van der Waals surface area contributed by atoms with Crippen LogP contribution in [0.15, 0.2) is 97.3 Å². The lowest BCUT2D eigenvalue weighted by Gasteiger charge is -2.19. The average Bonchev–Trinajstić information content (AvgIpc) is 3.01. The smallest absolute Gasteiger partial charge is 0.247 e. The number of methoxy groups -OCH3 is 1. The van der Waals surface area contributed by atoms with Crippen LogP contribution in [0.25, 0.3) is 10.9 Å². The minimum atomic E-state index is -0.829. The largest absolute Gasteiger partial charge is 0.487 e. The van der Waals surface area contributed by atoms with Gasteiger partial charge in [0.1, 0.15) is 43.0 Å². The molecule has 0 aliphatic carbocycles. The zero-order valence-electron chi connectivity index (χ0n) is 23.7. The molecule has 0 aliphatic heterocycles. The Bertz CT molecular complexity index is 1770. The first-order valence-corrected chi connectivity index (χ1v) is 14.1. The summed E-state index contributed by atoms with van der Waals surface area (Å²) in [5.41, 5.74) is 3.37. The Morgan fingerprint density at radius 3 is 2.48 bits per heavy atom. The molecule has 1 unspecified atom stereocenters. The molecule has 11 heteroatoms. The number of carbonyl (C=O) groups is 2. The second kappa shape index (κ2) is 14.4. The van der Waals surface area contributed by atoms with Gasteiger partial charge in [-0.3, -0.25) is 9.59 Å². The van der Waals surface area contributed by atoms with Crippen LogP contribution in [-0.2, 0) is 27.4 Å². The van der Waals surface area contributed by atoms with Crippen molar-refractivity contribution in [2.75, 3.05) is 24.4 Å². The number of fused-ring (bicyclic) bond motifs is 1. The number of benzene rings is 4. The maximum atomic E-state index is 13.5. The number of nitrogens with zero attached hydrogens (tertiary/aromatic N) is 2. The van der Waals surface area contributed by atoms with Gasteiger partial charge in [-0.25, -0.2) is 14.4 Å². The van der Waals surface area contributed by atoms with Gasteiger partial charge in [-0.2, -0.15) is 0 Å². The molecule has 4 aromatic carbocycles. The molecule has 5 rings (SSSR count). The maximum Gasteiger partial charge on any atom is 0.247 e. The number of rotatable bonds is 12. The van der Waals surface area contributed by atoms with Crippen LogP contribution < -0.4 is 20.7 Å². The highest BCUT2D eigenvalue weighted by molar-refractivity contribution is 6.32. The van der Waals surface area contributed by atoms with Crippen LogP contribution in [0.5, 0.6) is 5.75 Å². The number of anilines is 3. The number of carbonyl (C=O) groups excluding carboxylic acids is 2. The molecule has 9 nitrogen and oxygen atoms in total. The molecule has 0 radical (unpaired) electrons. The Hall–Kier alpha value is -5.06. The second-order valence-electron chi connectivity index (χ2n) is 9.88. The van der Waals surface area contributed by atoms with Gasteiger partial charge < -0.3 is 25.4 Å². The second-order valence-corrected chi connectivity index (χ2v) is 10.3. The summed E-state index contributed by atoms with van der Waals surface area (Å²) >= 11 is 6.48. The van der Waals surface area contributed by atoms with Crippen molar-refractivity contribution in [3.63, 3.8) is 0 Å². The Kier molecular flexibility index (Phi) is 9.96. The van der Waals surface area contributed by atoms with Crippen LogP contribution in [0, 0.1) is 5.82 Å². The predicted octanol–water partition coefficient (Wildman–Crippen LogP) is 6.06. The van der Waals surface area contributed by atoms with Crippen LogP contribution in [0.1, 0.15) is 11.1 Å². The number of nitrogens with one attached hydrogen (secondary N) is 3. The zero-order valence-corrected chi connectivity index (χ0v) is 24.5. The lowest BCUT2D eigenvalue weighted by Crippen LogP contribution is -2.46. The predicted molar refractivity (Wildman–Crippen MR) is 168 cm³/mol.